The fourth-order valence-corrected chi connectivity index (χ4v) is 2.37. The molecule has 2 aromatic rings. The van der Waals surface area contributed by atoms with E-state index in [0.29, 0.717) is 17.9 Å². The Balaban J connectivity index is 1.77. The Kier molecular flexibility index (Phi) is 3.95. The Morgan fingerprint density at radius 1 is 1.35 bits per heavy atom. The summed E-state index contributed by atoms with van der Waals surface area (Å²) >= 11 is 5.91. The molecule has 3 rings (SSSR count). The zero-order valence-electron chi connectivity index (χ0n) is 10.8. The van der Waals surface area contributed by atoms with Crippen LogP contribution in [0.2, 0.25) is 5.02 Å². The normalized spacial score (nSPS) is 16.5. The first kappa shape index (κ1) is 13.5. The van der Waals surface area contributed by atoms with Crippen LogP contribution in [-0.4, -0.2) is 41.2 Å². The maximum atomic E-state index is 13.4. The predicted octanol–water partition coefficient (Wildman–Crippen LogP) is 1.93. The van der Waals surface area contributed by atoms with E-state index in [4.69, 9.17) is 16.1 Å². The van der Waals surface area contributed by atoms with Crippen molar-refractivity contribution in [1.82, 2.24) is 20.4 Å². The number of hydrogen-bond acceptors (Lipinski definition) is 5. The minimum absolute atomic E-state index is 0.00451. The lowest BCUT2D eigenvalue weighted by molar-refractivity contribution is 0.225. The van der Waals surface area contributed by atoms with Gasteiger partial charge in [0.1, 0.15) is 5.82 Å². The highest BCUT2D eigenvalue weighted by atomic mass is 35.5. The van der Waals surface area contributed by atoms with Gasteiger partial charge in [0.05, 0.1) is 17.1 Å². The molecule has 0 atom stereocenters. The van der Waals surface area contributed by atoms with E-state index in [0.717, 1.165) is 26.2 Å². The Labute approximate surface area is 120 Å². The van der Waals surface area contributed by atoms with Crippen molar-refractivity contribution >= 4 is 11.6 Å². The van der Waals surface area contributed by atoms with Crippen LogP contribution in [0.5, 0.6) is 0 Å². The second-order valence-electron chi connectivity index (χ2n) is 4.64. The van der Waals surface area contributed by atoms with Gasteiger partial charge in [0.25, 0.3) is 5.89 Å². The summed E-state index contributed by atoms with van der Waals surface area (Å²) in [5.74, 6) is 0.341. The Morgan fingerprint density at radius 3 is 2.95 bits per heavy atom. The Bertz CT molecular complexity index is 598. The first-order valence-electron chi connectivity index (χ1n) is 6.44. The topological polar surface area (TPSA) is 54.2 Å². The van der Waals surface area contributed by atoms with Crippen molar-refractivity contribution in [3.63, 3.8) is 0 Å². The van der Waals surface area contributed by atoms with Gasteiger partial charge in [-0.15, -0.1) is 0 Å². The lowest BCUT2D eigenvalue weighted by atomic mass is 10.2. The SMILES string of the molecule is Fc1cccc(-c2nc(CN3CCNCC3)no2)c1Cl. The summed E-state index contributed by atoms with van der Waals surface area (Å²) in [5.41, 5.74) is 0.422. The van der Waals surface area contributed by atoms with Gasteiger partial charge in [0.15, 0.2) is 5.82 Å². The van der Waals surface area contributed by atoms with E-state index < -0.39 is 5.82 Å². The van der Waals surface area contributed by atoms with Gasteiger partial charge in [0, 0.05) is 26.2 Å². The van der Waals surface area contributed by atoms with Crippen molar-refractivity contribution in [1.29, 1.82) is 0 Å². The van der Waals surface area contributed by atoms with Crippen LogP contribution in [0.4, 0.5) is 4.39 Å². The van der Waals surface area contributed by atoms with Gasteiger partial charge in [-0.05, 0) is 12.1 Å². The maximum Gasteiger partial charge on any atom is 0.259 e. The minimum Gasteiger partial charge on any atom is -0.334 e. The van der Waals surface area contributed by atoms with Crippen molar-refractivity contribution < 1.29 is 8.91 Å². The molecule has 1 aliphatic rings. The largest absolute Gasteiger partial charge is 0.334 e. The summed E-state index contributed by atoms with van der Waals surface area (Å²) in [7, 11) is 0. The molecule has 1 saturated heterocycles. The average Bonchev–Trinajstić information content (AvgIpc) is 2.91. The lowest BCUT2D eigenvalue weighted by Crippen LogP contribution is -2.43. The quantitative estimate of drug-likeness (QED) is 0.938. The molecule has 0 spiro atoms. The molecular weight excluding hydrogens is 283 g/mol. The van der Waals surface area contributed by atoms with Gasteiger partial charge in [-0.25, -0.2) is 4.39 Å². The van der Waals surface area contributed by atoms with Crippen LogP contribution in [0.3, 0.4) is 0 Å². The number of piperazine rings is 1. The monoisotopic (exact) mass is 296 g/mol. The highest BCUT2D eigenvalue weighted by Crippen LogP contribution is 2.28. The average molecular weight is 297 g/mol. The van der Waals surface area contributed by atoms with Gasteiger partial charge >= 0.3 is 0 Å². The molecule has 1 aromatic carbocycles. The summed E-state index contributed by atoms with van der Waals surface area (Å²) < 4.78 is 18.6. The molecule has 0 saturated carbocycles. The molecule has 7 heteroatoms. The highest BCUT2D eigenvalue weighted by Gasteiger charge is 2.17. The number of benzene rings is 1. The summed E-state index contributed by atoms with van der Waals surface area (Å²) in [6.45, 7) is 4.44. The molecule has 20 heavy (non-hydrogen) atoms. The molecule has 0 amide bonds. The molecule has 0 radical (unpaired) electrons. The highest BCUT2D eigenvalue weighted by molar-refractivity contribution is 6.33. The van der Waals surface area contributed by atoms with Crippen LogP contribution in [0.1, 0.15) is 5.82 Å². The van der Waals surface area contributed by atoms with Crippen LogP contribution >= 0.6 is 11.6 Å². The Hall–Kier alpha value is -1.50. The van der Waals surface area contributed by atoms with Gasteiger partial charge in [0.2, 0.25) is 0 Å². The smallest absolute Gasteiger partial charge is 0.259 e. The number of nitrogens with zero attached hydrogens (tertiary/aromatic N) is 3. The van der Waals surface area contributed by atoms with Crippen molar-refractivity contribution in [3.8, 4) is 11.5 Å². The van der Waals surface area contributed by atoms with Gasteiger partial charge in [-0.1, -0.05) is 22.8 Å². The van der Waals surface area contributed by atoms with Crippen LogP contribution in [-0.2, 0) is 6.54 Å². The zero-order valence-corrected chi connectivity index (χ0v) is 11.5. The van der Waals surface area contributed by atoms with E-state index in [1.54, 1.807) is 12.1 Å². The summed E-state index contributed by atoms with van der Waals surface area (Å²) in [4.78, 5) is 6.52. The number of halogens is 2. The zero-order chi connectivity index (χ0) is 13.9. The van der Waals surface area contributed by atoms with E-state index in [9.17, 15) is 4.39 Å². The number of nitrogens with one attached hydrogen (secondary N) is 1. The third kappa shape index (κ3) is 2.82. The van der Waals surface area contributed by atoms with Crippen LogP contribution in [0.25, 0.3) is 11.5 Å². The van der Waals surface area contributed by atoms with Crippen LogP contribution < -0.4 is 5.32 Å². The first-order valence-corrected chi connectivity index (χ1v) is 6.82. The molecule has 5 nitrogen and oxygen atoms in total. The fourth-order valence-electron chi connectivity index (χ4n) is 2.17. The molecule has 0 unspecified atom stereocenters. The summed E-state index contributed by atoms with van der Waals surface area (Å²) in [6, 6.07) is 4.52. The number of aromatic nitrogens is 2. The third-order valence-electron chi connectivity index (χ3n) is 3.22. The number of rotatable bonds is 3. The van der Waals surface area contributed by atoms with E-state index in [-0.39, 0.29) is 10.9 Å². The van der Waals surface area contributed by atoms with Gasteiger partial charge in [-0.3, -0.25) is 4.90 Å². The summed E-state index contributed by atoms with van der Waals surface area (Å²) in [6.07, 6.45) is 0. The van der Waals surface area contributed by atoms with Crippen LogP contribution in [0.15, 0.2) is 22.7 Å². The first-order chi connectivity index (χ1) is 9.74. The molecule has 1 aliphatic heterocycles. The van der Waals surface area contributed by atoms with E-state index in [1.165, 1.54) is 6.07 Å². The van der Waals surface area contributed by atoms with E-state index >= 15 is 0 Å². The molecule has 0 aliphatic carbocycles. The molecule has 2 heterocycles. The Morgan fingerprint density at radius 2 is 2.15 bits per heavy atom. The van der Waals surface area contributed by atoms with Crippen molar-refractivity contribution in [2.24, 2.45) is 0 Å². The third-order valence-corrected chi connectivity index (χ3v) is 3.61. The van der Waals surface area contributed by atoms with E-state index in [2.05, 4.69) is 20.4 Å². The maximum absolute atomic E-state index is 13.4. The minimum atomic E-state index is -0.494. The standard InChI is InChI=1S/C13H14ClFN4O/c14-12-9(2-1-3-10(12)15)13-17-11(18-20-13)8-19-6-4-16-5-7-19/h1-3,16H,4-8H2. The van der Waals surface area contributed by atoms with Gasteiger partial charge in [-0.2, -0.15) is 4.98 Å². The van der Waals surface area contributed by atoms with Crippen molar-refractivity contribution in [2.75, 3.05) is 26.2 Å². The van der Waals surface area contributed by atoms with Crippen LogP contribution in [0, 0.1) is 5.82 Å². The molecule has 0 bridgehead atoms. The molecule has 1 fully saturated rings. The second-order valence-corrected chi connectivity index (χ2v) is 5.02. The molecule has 1 N–H and O–H groups in total. The molecular formula is C13H14ClFN4O. The number of hydrogen-bond donors (Lipinski definition) is 1. The fraction of sp³-hybridized carbons (Fsp3) is 0.385. The summed E-state index contributed by atoms with van der Waals surface area (Å²) in [5, 5.41) is 7.21. The molecule has 106 valence electrons. The van der Waals surface area contributed by atoms with Crippen molar-refractivity contribution in [2.45, 2.75) is 6.54 Å². The predicted molar refractivity (Wildman–Crippen MR) is 72.8 cm³/mol. The van der Waals surface area contributed by atoms with E-state index in [1.807, 2.05) is 0 Å². The second kappa shape index (κ2) is 5.87. The lowest BCUT2D eigenvalue weighted by Gasteiger charge is -2.25. The van der Waals surface area contributed by atoms with Gasteiger partial charge < -0.3 is 9.84 Å². The van der Waals surface area contributed by atoms with Crippen molar-refractivity contribution in [3.05, 3.63) is 34.9 Å². The molecule has 1 aromatic heterocycles.